The number of aromatic amines is 1. The molecule has 0 saturated carbocycles. The minimum Gasteiger partial charge on any atom is -0.356 e. The number of nitrogens with one attached hydrogen (secondary N) is 2. The number of piperidine rings is 1. The van der Waals surface area contributed by atoms with Gasteiger partial charge in [-0.2, -0.15) is 4.31 Å². The van der Waals surface area contributed by atoms with Crippen molar-refractivity contribution in [2.45, 2.75) is 56.9 Å². The lowest BCUT2D eigenvalue weighted by molar-refractivity contribution is -0.126. The maximum absolute atomic E-state index is 13.3. The zero-order chi connectivity index (χ0) is 24.1. The van der Waals surface area contributed by atoms with Gasteiger partial charge in [-0.1, -0.05) is 37.1 Å². The first kappa shape index (κ1) is 24.5. The lowest BCUT2D eigenvalue weighted by Crippen LogP contribution is -2.45. The molecule has 0 spiro atoms. The third-order valence-electron chi connectivity index (χ3n) is 6.89. The minimum absolute atomic E-state index is 0.0756. The number of hydrogen-bond donors (Lipinski definition) is 2. The van der Waals surface area contributed by atoms with Crippen LogP contribution in [0.1, 0.15) is 60.1 Å². The molecule has 2 amide bonds. The number of amides is 2. The van der Waals surface area contributed by atoms with E-state index in [4.69, 9.17) is 0 Å². The van der Waals surface area contributed by atoms with Crippen molar-refractivity contribution in [3.63, 3.8) is 0 Å². The van der Waals surface area contributed by atoms with Gasteiger partial charge in [-0.25, -0.2) is 8.42 Å². The van der Waals surface area contributed by atoms with Crippen molar-refractivity contribution in [1.29, 1.82) is 0 Å². The van der Waals surface area contributed by atoms with Crippen LogP contribution < -0.4 is 5.32 Å². The Morgan fingerprint density at radius 2 is 1.79 bits per heavy atom. The van der Waals surface area contributed by atoms with E-state index in [1.807, 2.05) is 31.2 Å². The number of H-pyrrole nitrogens is 1. The monoisotopic (exact) mass is 486 g/mol. The summed E-state index contributed by atoms with van der Waals surface area (Å²) in [5, 5.41) is 2.96. The van der Waals surface area contributed by atoms with Gasteiger partial charge in [0, 0.05) is 38.9 Å². The van der Waals surface area contributed by atoms with Crippen LogP contribution in [0.15, 0.2) is 41.4 Å². The van der Waals surface area contributed by atoms with Gasteiger partial charge < -0.3 is 15.2 Å². The van der Waals surface area contributed by atoms with Crippen LogP contribution >= 0.6 is 0 Å². The molecule has 0 unspecified atom stereocenters. The molecule has 3 heterocycles. The van der Waals surface area contributed by atoms with Gasteiger partial charge in [0.15, 0.2) is 0 Å². The lowest BCUT2D eigenvalue weighted by Gasteiger charge is -2.31. The highest BCUT2D eigenvalue weighted by Crippen LogP contribution is 2.25. The van der Waals surface area contributed by atoms with Crippen LogP contribution in [-0.4, -0.2) is 60.6 Å². The molecule has 1 atom stereocenters. The van der Waals surface area contributed by atoms with Gasteiger partial charge in [-0.15, -0.1) is 0 Å². The first-order valence-electron chi connectivity index (χ1n) is 12.2. The SMILES string of the molecule is Cc1ccccc1CNC(=O)[C@@H]1CCCN(S(=O)(=O)c2c[nH]c(C(=O)N3CCCCCC3)c2)C1. The second-order valence-corrected chi connectivity index (χ2v) is 11.2. The average Bonchev–Trinajstić information content (AvgIpc) is 3.20. The van der Waals surface area contributed by atoms with Crippen LogP contribution in [0.3, 0.4) is 0 Å². The largest absolute Gasteiger partial charge is 0.356 e. The molecule has 2 aromatic rings. The molecular weight excluding hydrogens is 452 g/mol. The summed E-state index contributed by atoms with van der Waals surface area (Å²) in [6, 6.07) is 9.30. The standard InChI is InChI=1S/C25H34N4O4S/c1-19-9-4-5-10-20(19)16-27-24(30)21-11-8-14-29(18-21)34(32,33)22-15-23(26-17-22)25(31)28-12-6-2-3-7-13-28/h4-5,9-10,15,17,21,26H,2-3,6-8,11-14,16,18H2,1H3,(H,27,30)/t21-/m1/s1. The number of carbonyl (C=O) groups excluding carboxylic acids is 2. The van der Waals surface area contributed by atoms with Crippen LogP contribution in [0.2, 0.25) is 0 Å². The second kappa shape index (κ2) is 10.7. The van der Waals surface area contributed by atoms with Gasteiger partial charge in [0.05, 0.1) is 5.92 Å². The Kier molecular flexibility index (Phi) is 7.73. The average molecular weight is 487 g/mol. The highest BCUT2D eigenvalue weighted by atomic mass is 32.2. The van der Waals surface area contributed by atoms with Crippen molar-refractivity contribution in [2.24, 2.45) is 5.92 Å². The molecule has 2 aliphatic rings. The van der Waals surface area contributed by atoms with Crippen molar-refractivity contribution in [3.8, 4) is 0 Å². The Hall–Kier alpha value is -2.65. The molecule has 1 aromatic carbocycles. The van der Waals surface area contributed by atoms with Gasteiger partial charge in [0.2, 0.25) is 15.9 Å². The van der Waals surface area contributed by atoms with E-state index in [1.165, 1.54) is 16.6 Å². The zero-order valence-electron chi connectivity index (χ0n) is 19.8. The molecule has 0 bridgehead atoms. The number of aryl methyl sites for hydroxylation is 1. The van der Waals surface area contributed by atoms with Gasteiger partial charge in [0.25, 0.3) is 5.91 Å². The van der Waals surface area contributed by atoms with Crippen LogP contribution in [0.4, 0.5) is 0 Å². The summed E-state index contributed by atoms with van der Waals surface area (Å²) in [6.07, 6.45) is 6.83. The van der Waals surface area contributed by atoms with Gasteiger partial charge in [0.1, 0.15) is 10.6 Å². The molecule has 184 valence electrons. The number of sulfonamides is 1. The van der Waals surface area contributed by atoms with E-state index in [0.717, 1.165) is 36.8 Å². The number of carbonyl (C=O) groups is 2. The molecule has 2 N–H and O–H groups in total. The van der Waals surface area contributed by atoms with E-state index in [2.05, 4.69) is 10.3 Å². The first-order chi connectivity index (χ1) is 16.4. The van der Waals surface area contributed by atoms with Crippen LogP contribution in [0.5, 0.6) is 0 Å². The highest BCUT2D eigenvalue weighted by Gasteiger charge is 2.34. The van der Waals surface area contributed by atoms with E-state index < -0.39 is 15.9 Å². The number of rotatable bonds is 6. The fourth-order valence-corrected chi connectivity index (χ4v) is 6.27. The van der Waals surface area contributed by atoms with E-state index >= 15 is 0 Å². The molecule has 8 nitrogen and oxygen atoms in total. The normalized spacial score (nSPS) is 20.0. The Balaban J connectivity index is 1.39. The second-order valence-electron chi connectivity index (χ2n) is 9.30. The van der Waals surface area contributed by atoms with E-state index in [0.29, 0.717) is 44.7 Å². The maximum Gasteiger partial charge on any atom is 0.270 e. The first-order valence-corrected chi connectivity index (χ1v) is 13.6. The molecule has 2 aliphatic heterocycles. The maximum atomic E-state index is 13.3. The Morgan fingerprint density at radius 1 is 1.06 bits per heavy atom. The van der Waals surface area contributed by atoms with Crippen LogP contribution in [-0.2, 0) is 21.4 Å². The zero-order valence-corrected chi connectivity index (χ0v) is 20.6. The van der Waals surface area contributed by atoms with Crippen molar-refractivity contribution in [2.75, 3.05) is 26.2 Å². The molecule has 0 radical (unpaired) electrons. The number of likely N-dealkylation sites (tertiary alicyclic amines) is 1. The number of benzene rings is 1. The summed E-state index contributed by atoms with van der Waals surface area (Å²) in [6.45, 7) is 4.33. The summed E-state index contributed by atoms with van der Waals surface area (Å²) < 4.78 is 28.0. The van der Waals surface area contributed by atoms with Crippen molar-refractivity contribution < 1.29 is 18.0 Å². The predicted molar refractivity (Wildman–Crippen MR) is 130 cm³/mol. The third-order valence-corrected chi connectivity index (χ3v) is 8.73. The Labute approximate surface area is 201 Å². The quantitative estimate of drug-likeness (QED) is 0.655. The molecule has 1 aromatic heterocycles. The van der Waals surface area contributed by atoms with Crippen molar-refractivity contribution in [3.05, 3.63) is 53.3 Å². The lowest BCUT2D eigenvalue weighted by atomic mass is 9.98. The fourth-order valence-electron chi connectivity index (χ4n) is 4.75. The Morgan fingerprint density at radius 3 is 2.53 bits per heavy atom. The van der Waals surface area contributed by atoms with E-state index in [9.17, 15) is 18.0 Å². The molecule has 2 saturated heterocycles. The van der Waals surface area contributed by atoms with Gasteiger partial charge in [-0.3, -0.25) is 9.59 Å². The molecule has 34 heavy (non-hydrogen) atoms. The molecular formula is C25H34N4O4S. The van der Waals surface area contributed by atoms with Crippen molar-refractivity contribution in [1.82, 2.24) is 19.5 Å². The number of hydrogen-bond acceptors (Lipinski definition) is 4. The summed E-state index contributed by atoms with van der Waals surface area (Å²) in [4.78, 5) is 30.4. The number of aromatic nitrogens is 1. The van der Waals surface area contributed by atoms with Crippen molar-refractivity contribution >= 4 is 21.8 Å². The Bertz CT molecular complexity index is 1120. The molecule has 4 rings (SSSR count). The smallest absolute Gasteiger partial charge is 0.270 e. The fraction of sp³-hybridized carbons (Fsp3) is 0.520. The molecule has 2 fully saturated rings. The van der Waals surface area contributed by atoms with Crippen LogP contribution in [0, 0.1) is 12.8 Å². The number of nitrogens with zero attached hydrogens (tertiary/aromatic N) is 2. The highest BCUT2D eigenvalue weighted by molar-refractivity contribution is 7.89. The predicted octanol–water partition coefficient (Wildman–Crippen LogP) is 3.06. The molecule has 0 aliphatic carbocycles. The summed E-state index contributed by atoms with van der Waals surface area (Å²) in [5.41, 5.74) is 2.45. The van der Waals surface area contributed by atoms with Gasteiger partial charge in [-0.05, 0) is 49.8 Å². The third kappa shape index (κ3) is 5.52. The molecule has 9 heteroatoms. The van der Waals surface area contributed by atoms with Gasteiger partial charge >= 0.3 is 0 Å². The van der Waals surface area contributed by atoms with E-state index in [-0.39, 0.29) is 23.3 Å². The minimum atomic E-state index is -3.80. The summed E-state index contributed by atoms with van der Waals surface area (Å²) in [5.74, 6) is -0.686. The van der Waals surface area contributed by atoms with E-state index in [1.54, 1.807) is 4.90 Å². The summed E-state index contributed by atoms with van der Waals surface area (Å²) in [7, 11) is -3.80. The topological polar surface area (TPSA) is 103 Å². The van der Waals surface area contributed by atoms with Crippen LogP contribution in [0.25, 0.3) is 0 Å². The summed E-state index contributed by atoms with van der Waals surface area (Å²) >= 11 is 0.